The topological polar surface area (TPSA) is 75.0 Å². The summed E-state index contributed by atoms with van der Waals surface area (Å²) in [5.41, 5.74) is 7.45. The SMILES string of the molecule is NC(Cc1cc(=O)[nH]c(N2CCCC2)n1)c1ccc(F)cc1. The van der Waals surface area contributed by atoms with Gasteiger partial charge < -0.3 is 10.6 Å². The molecule has 2 aromatic rings. The molecule has 1 aliphatic heterocycles. The van der Waals surface area contributed by atoms with Gasteiger partial charge in [0, 0.05) is 31.6 Å². The third-order valence-electron chi connectivity index (χ3n) is 3.92. The smallest absolute Gasteiger partial charge is 0.252 e. The first-order valence-corrected chi connectivity index (χ1v) is 7.48. The fourth-order valence-electron chi connectivity index (χ4n) is 2.73. The Kier molecular flexibility index (Phi) is 4.20. The number of aromatic nitrogens is 2. The maximum Gasteiger partial charge on any atom is 0.252 e. The van der Waals surface area contributed by atoms with E-state index in [1.807, 2.05) is 0 Å². The van der Waals surface area contributed by atoms with Gasteiger partial charge in [-0.15, -0.1) is 0 Å². The van der Waals surface area contributed by atoms with Gasteiger partial charge in [-0.05, 0) is 30.5 Å². The molecule has 0 saturated carbocycles. The van der Waals surface area contributed by atoms with E-state index >= 15 is 0 Å². The molecule has 1 aliphatic rings. The molecule has 1 aromatic heterocycles. The minimum atomic E-state index is -0.318. The summed E-state index contributed by atoms with van der Waals surface area (Å²) < 4.78 is 13.0. The number of halogens is 1. The number of H-pyrrole nitrogens is 1. The number of rotatable bonds is 4. The summed E-state index contributed by atoms with van der Waals surface area (Å²) in [7, 11) is 0. The predicted molar refractivity (Wildman–Crippen MR) is 83.3 cm³/mol. The van der Waals surface area contributed by atoms with Crippen LogP contribution in [0.25, 0.3) is 0 Å². The van der Waals surface area contributed by atoms with Crippen molar-refractivity contribution in [3.05, 3.63) is 57.8 Å². The predicted octanol–water partition coefficient (Wildman–Crippen LogP) is 1.75. The van der Waals surface area contributed by atoms with Crippen molar-refractivity contribution in [2.75, 3.05) is 18.0 Å². The van der Waals surface area contributed by atoms with Gasteiger partial charge in [-0.3, -0.25) is 9.78 Å². The molecule has 116 valence electrons. The molecule has 1 fully saturated rings. The van der Waals surface area contributed by atoms with Crippen molar-refractivity contribution in [1.82, 2.24) is 9.97 Å². The van der Waals surface area contributed by atoms with Crippen molar-refractivity contribution in [3.63, 3.8) is 0 Å². The summed E-state index contributed by atoms with van der Waals surface area (Å²) in [6.45, 7) is 1.83. The summed E-state index contributed by atoms with van der Waals surface area (Å²) in [5, 5.41) is 0. The van der Waals surface area contributed by atoms with Crippen LogP contribution < -0.4 is 16.2 Å². The monoisotopic (exact) mass is 302 g/mol. The second-order valence-electron chi connectivity index (χ2n) is 5.62. The van der Waals surface area contributed by atoms with Gasteiger partial charge >= 0.3 is 0 Å². The Morgan fingerprint density at radius 3 is 2.64 bits per heavy atom. The average Bonchev–Trinajstić information content (AvgIpc) is 3.01. The maximum absolute atomic E-state index is 13.0. The fraction of sp³-hybridized carbons (Fsp3) is 0.375. The highest BCUT2D eigenvalue weighted by Gasteiger charge is 2.16. The maximum atomic E-state index is 13.0. The van der Waals surface area contributed by atoms with Crippen LogP contribution in [-0.2, 0) is 6.42 Å². The number of hydrogen-bond acceptors (Lipinski definition) is 4. The molecule has 0 amide bonds. The van der Waals surface area contributed by atoms with Crippen LogP contribution in [0.4, 0.5) is 10.3 Å². The summed E-state index contributed by atoms with van der Waals surface area (Å²) >= 11 is 0. The Balaban J connectivity index is 1.79. The van der Waals surface area contributed by atoms with E-state index in [4.69, 9.17) is 5.73 Å². The molecule has 3 N–H and O–H groups in total. The van der Waals surface area contributed by atoms with E-state index < -0.39 is 0 Å². The molecule has 1 unspecified atom stereocenters. The zero-order valence-corrected chi connectivity index (χ0v) is 12.3. The number of aromatic amines is 1. The van der Waals surface area contributed by atoms with Crippen molar-refractivity contribution < 1.29 is 4.39 Å². The van der Waals surface area contributed by atoms with Crippen molar-refractivity contribution in [3.8, 4) is 0 Å². The number of hydrogen-bond donors (Lipinski definition) is 2. The fourth-order valence-corrected chi connectivity index (χ4v) is 2.73. The number of anilines is 1. The minimum Gasteiger partial charge on any atom is -0.342 e. The molecule has 0 aliphatic carbocycles. The quantitative estimate of drug-likeness (QED) is 0.902. The molecule has 0 bridgehead atoms. The Morgan fingerprint density at radius 1 is 1.27 bits per heavy atom. The Labute approximate surface area is 128 Å². The van der Waals surface area contributed by atoms with E-state index in [-0.39, 0.29) is 17.4 Å². The van der Waals surface area contributed by atoms with Crippen LogP contribution in [0.15, 0.2) is 35.1 Å². The summed E-state index contributed by atoms with van der Waals surface area (Å²) in [6, 6.07) is 7.25. The molecule has 3 rings (SSSR count). The van der Waals surface area contributed by atoms with Gasteiger partial charge in [0.25, 0.3) is 5.56 Å². The van der Waals surface area contributed by atoms with Gasteiger partial charge in [-0.25, -0.2) is 9.37 Å². The van der Waals surface area contributed by atoms with Crippen LogP contribution in [0.5, 0.6) is 0 Å². The van der Waals surface area contributed by atoms with E-state index in [0.29, 0.717) is 18.1 Å². The second kappa shape index (κ2) is 6.27. The highest BCUT2D eigenvalue weighted by molar-refractivity contribution is 5.32. The Hall–Kier alpha value is -2.21. The normalized spacial score (nSPS) is 16.0. The third kappa shape index (κ3) is 3.33. The van der Waals surface area contributed by atoms with E-state index in [1.54, 1.807) is 12.1 Å². The van der Waals surface area contributed by atoms with Gasteiger partial charge in [0.2, 0.25) is 5.95 Å². The largest absolute Gasteiger partial charge is 0.342 e. The minimum absolute atomic E-state index is 0.168. The molecule has 1 aromatic carbocycles. The Bertz CT molecular complexity index is 692. The van der Waals surface area contributed by atoms with Crippen molar-refractivity contribution in [1.29, 1.82) is 0 Å². The molecule has 1 atom stereocenters. The Morgan fingerprint density at radius 2 is 1.95 bits per heavy atom. The molecular formula is C16H19FN4O. The molecule has 0 radical (unpaired) electrons. The van der Waals surface area contributed by atoms with Crippen molar-refractivity contribution >= 4 is 5.95 Å². The molecular weight excluding hydrogens is 283 g/mol. The van der Waals surface area contributed by atoms with Crippen molar-refractivity contribution in [2.24, 2.45) is 5.73 Å². The first-order valence-electron chi connectivity index (χ1n) is 7.48. The average molecular weight is 302 g/mol. The number of nitrogens with zero attached hydrogens (tertiary/aromatic N) is 2. The lowest BCUT2D eigenvalue weighted by atomic mass is 10.0. The first kappa shape index (κ1) is 14.7. The highest BCUT2D eigenvalue weighted by Crippen LogP contribution is 2.18. The lowest BCUT2D eigenvalue weighted by Crippen LogP contribution is -2.25. The molecule has 0 spiro atoms. The number of benzene rings is 1. The molecule has 6 heteroatoms. The summed E-state index contributed by atoms with van der Waals surface area (Å²) in [5.74, 6) is 0.327. The lowest BCUT2D eigenvalue weighted by Gasteiger charge is -2.17. The van der Waals surface area contributed by atoms with E-state index in [1.165, 1.54) is 18.2 Å². The molecule has 22 heavy (non-hydrogen) atoms. The molecule has 2 heterocycles. The number of nitrogens with one attached hydrogen (secondary N) is 1. The van der Waals surface area contributed by atoms with Crippen LogP contribution >= 0.6 is 0 Å². The lowest BCUT2D eigenvalue weighted by molar-refractivity contribution is 0.624. The van der Waals surface area contributed by atoms with Gasteiger partial charge in [-0.1, -0.05) is 12.1 Å². The van der Waals surface area contributed by atoms with Gasteiger partial charge in [-0.2, -0.15) is 0 Å². The molecule has 1 saturated heterocycles. The van der Waals surface area contributed by atoms with Crippen molar-refractivity contribution in [2.45, 2.75) is 25.3 Å². The highest BCUT2D eigenvalue weighted by atomic mass is 19.1. The van der Waals surface area contributed by atoms with E-state index in [9.17, 15) is 9.18 Å². The van der Waals surface area contributed by atoms with Crippen LogP contribution in [0.2, 0.25) is 0 Å². The van der Waals surface area contributed by atoms with Crippen LogP contribution in [0, 0.1) is 5.82 Å². The number of nitrogens with two attached hydrogens (primary N) is 1. The van der Waals surface area contributed by atoms with E-state index in [2.05, 4.69) is 14.9 Å². The van der Waals surface area contributed by atoms with Crippen LogP contribution in [0.3, 0.4) is 0 Å². The third-order valence-corrected chi connectivity index (χ3v) is 3.92. The summed E-state index contributed by atoms with van der Waals surface area (Å²) in [6.07, 6.45) is 2.67. The van der Waals surface area contributed by atoms with Gasteiger partial charge in [0.05, 0.1) is 5.69 Å². The zero-order valence-electron chi connectivity index (χ0n) is 12.3. The first-order chi connectivity index (χ1) is 10.6. The second-order valence-corrected chi connectivity index (χ2v) is 5.62. The van der Waals surface area contributed by atoms with Gasteiger partial charge in [0.1, 0.15) is 5.82 Å². The van der Waals surface area contributed by atoms with E-state index in [0.717, 1.165) is 31.5 Å². The van der Waals surface area contributed by atoms with Crippen LogP contribution in [-0.4, -0.2) is 23.1 Å². The zero-order chi connectivity index (χ0) is 15.5. The van der Waals surface area contributed by atoms with Gasteiger partial charge in [0.15, 0.2) is 0 Å². The standard InChI is InChI=1S/C16H19FN4O/c17-12-5-3-11(4-6-12)14(18)9-13-10-15(22)20-16(19-13)21-7-1-2-8-21/h3-6,10,14H,1-2,7-9,18H2,(H,19,20,22). The summed E-state index contributed by atoms with van der Waals surface area (Å²) in [4.78, 5) is 21.2. The van der Waals surface area contributed by atoms with Crippen LogP contribution in [0.1, 0.15) is 30.1 Å². The molecule has 5 nitrogen and oxygen atoms in total.